The number of anilines is 1. The minimum atomic E-state index is 0.533. The first-order valence-electron chi connectivity index (χ1n) is 8.03. The van der Waals surface area contributed by atoms with Crippen molar-refractivity contribution in [2.24, 2.45) is 17.8 Å². The molecule has 0 heterocycles. The molecule has 1 saturated carbocycles. The van der Waals surface area contributed by atoms with Crippen LogP contribution in [0, 0.1) is 17.8 Å². The van der Waals surface area contributed by atoms with E-state index in [0.717, 1.165) is 29.0 Å². The van der Waals surface area contributed by atoms with Crippen LogP contribution in [0.5, 0.6) is 11.5 Å². The Kier molecular flexibility index (Phi) is 5.38. The van der Waals surface area contributed by atoms with E-state index in [-0.39, 0.29) is 0 Å². The number of rotatable bonds is 5. The largest absolute Gasteiger partial charge is 0.497 e. The molecule has 1 aliphatic carbocycles. The quantitative estimate of drug-likeness (QED) is 0.861. The van der Waals surface area contributed by atoms with Crippen LogP contribution in [0.3, 0.4) is 0 Å². The Morgan fingerprint density at radius 2 is 1.67 bits per heavy atom. The van der Waals surface area contributed by atoms with Crippen LogP contribution in [0.1, 0.15) is 40.0 Å². The molecule has 2 rings (SSSR count). The van der Waals surface area contributed by atoms with Gasteiger partial charge in [0.15, 0.2) is 0 Å². The second-order valence-electron chi connectivity index (χ2n) is 6.68. The van der Waals surface area contributed by atoms with Gasteiger partial charge < -0.3 is 14.8 Å². The summed E-state index contributed by atoms with van der Waals surface area (Å²) in [6, 6.07) is 6.55. The van der Waals surface area contributed by atoms with Crippen LogP contribution in [0.15, 0.2) is 18.2 Å². The van der Waals surface area contributed by atoms with Crippen LogP contribution in [0.2, 0.25) is 0 Å². The Balaban J connectivity index is 2.17. The lowest BCUT2D eigenvalue weighted by molar-refractivity contribution is 0.212. The average Bonchev–Trinajstić information content (AvgIpc) is 2.46. The maximum atomic E-state index is 5.36. The van der Waals surface area contributed by atoms with Crippen molar-refractivity contribution in [1.82, 2.24) is 0 Å². The van der Waals surface area contributed by atoms with E-state index < -0.39 is 0 Å². The summed E-state index contributed by atoms with van der Waals surface area (Å²) in [5.74, 6) is 3.91. The normalized spacial score (nSPS) is 25.7. The van der Waals surface area contributed by atoms with Crippen molar-refractivity contribution in [2.45, 2.75) is 46.1 Å². The molecule has 0 bridgehead atoms. The smallest absolute Gasteiger partial charge is 0.124 e. The molecule has 3 unspecified atom stereocenters. The van der Waals surface area contributed by atoms with Crippen molar-refractivity contribution in [1.29, 1.82) is 0 Å². The Morgan fingerprint density at radius 1 is 1.05 bits per heavy atom. The number of hydrogen-bond acceptors (Lipinski definition) is 3. The molecule has 1 N–H and O–H groups in total. The molecule has 3 atom stereocenters. The van der Waals surface area contributed by atoms with E-state index in [4.69, 9.17) is 9.47 Å². The summed E-state index contributed by atoms with van der Waals surface area (Å²) < 4.78 is 10.7. The lowest BCUT2D eigenvalue weighted by Gasteiger charge is -2.38. The predicted molar refractivity (Wildman–Crippen MR) is 88.3 cm³/mol. The summed E-state index contributed by atoms with van der Waals surface area (Å²) in [6.45, 7) is 7.03. The van der Waals surface area contributed by atoms with Crippen molar-refractivity contribution >= 4 is 5.69 Å². The molecule has 21 heavy (non-hydrogen) atoms. The molecule has 1 fully saturated rings. The second-order valence-corrected chi connectivity index (χ2v) is 6.68. The van der Waals surface area contributed by atoms with Gasteiger partial charge in [0, 0.05) is 29.9 Å². The Labute approximate surface area is 129 Å². The Hall–Kier alpha value is -1.38. The van der Waals surface area contributed by atoms with E-state index in [0.29, 0.717) is 12.0 Å². The summed E-state index contributed by atoms with van der Waals surface area (Å²) in [6.07, 6.45) is 3.91. The molecule has 0 saturated heterocycles. The van der Waals surface area contributed by atoms with E-state index in [1.807, 2.05) is 6.07 Å². The zero-order valence-electron chi connectivity index (χ0n) is 14.0. The third-order valence-electron chi connectivity index (χ3n) is 4.73. The van der Waals surface area contributed by atoms with E-state index in [2.05, 4.69) is 38.2 Å². The second kappa shape index (κ2) is 7.06. The fourth-order valence-electron chi connectivity index (χ4n) is 3.47. The minimum absolute atomic E-state index is 0.533. The fraction of sp³-hybridized carbons (Fsp3) is 0.667. The number of ether oxygens (including phenoxy) is 2. The first kappa shape index (κ1) is 16.0. The molecular formula is C18H29NO2. The maximum Gasteiger partial charge on any atom is 0.124 e. The van der Waals surface area contributed by atoms with Gasteiger partial charge in [-0.1, -0.05) is 27.2 Å². The van der Waals surface area contributed by atoms with Gasteiger partial charge in [0.2, 0.25) is 0 Å². The summed E-state index contributed by atoms with van der Waals surface area (Å²) in [4.78, 5) is 0. The molecule has 1 aromatic rings. The molecule has 3 nitrogen and oxygen atoms in total. The van der Waals surface area contributed by atoms with Crippen LogP contribution in [-0.2, 0) is 0 Å². The predicted octanol–water partition coefficient (Wildman–Crippen LogP) is 4.58. The van der Waals surface area contributed by atoms with Gasteiger partial charge >= 0.3 is 0 Å². The van der Waals surface area contributed by atoms with Gasteiger partial charge in [-0.25, -0.2) is 0 Å². The van der Waals surface area contributed by atoms with Crippen LogP contribution in [-0.4, -0.2) is 20.3 Å². The summed E-state index contributed by atoms with van der Waals surface area (Å²) >= 11 is 0. The van der Waals surface area contributed by atoms with Gasteiger partial charge in [0.05, 0.1) is 14.2 Å². The molecule has 0 amide bonds. The van der Waals surface area contributed by atoms with Crippen molar-refractivity contribution in [2.75, 3.05) is 19.5 Å². The molecule has 0 radical (unpaired) electrons. The van der Waals surface area contributed by atoms with Crippen molar-refractivity contribution in [3.05, 3.63) is 18.2 Å². The van der Waals surface area contributed by atoms with Gasteiger partial charge in [0.25, 0.3) is 0 Å². The number of methoxy groups -OCH3 is 2. The van der Waals surface area contributed by atoms with Crippen LogP contribution in [0.4, 0.5) is 5.69 Å². The molecular weight excluding hydrogens is 262 g/mol. The number of benzene rings is 1. The van der Waals surface area contributed by atoms with E-state index in [1.165, 1.54) is 19.3 Å². The highest BCUT2D eigenvalue weighted by Crippen LogP contribution is 2.36. The first-order chi connectivity index (χ1) is 10.0. The lowest BCUT2D eigenvalue weighted by atomic mass is 9.74. The van der Waals surface area contributed by atoms with Gasteiger partial charge in [-0.15, -0.1) is 0 Å². The summed E-state index contributed by atoms with van der Waals surface area (Å²) in [5, 5.41) is 3.73. The van der Waals surface area contributed by atoms with E-state index in [1.54, 1.807) is 14.2 Å². The third kappa shape index (κ3) is 4.05. The van der Waals surface area contributed by atoms with Gasteiger partial charge in [0.1, 0.15) is 11.5 Å². The SMILES string of the molecule is COc1cc(NC2CC(C)CCC2C(C)C)cc(OC)c1. The van der Waals surface area contributed by atoms with Gasteiger partial charge in [-0.05, 0) is 30.6 Å². The lowest BCUT2D eigenvalue weighted by Crippen LogP contribution is -2.37. The molecule has 0 aromatic heterocycles. The average molecular weight is 291 g/mol. The monoisotopic (exact) mass is 291 g/mol. The first-order valence-corrected chi connectivity index (χ1v) is 8.03. The highest BCUT2D eigenvalue weighted by molar-refractivity contribution is 5.54. The van der Waals surface area contributed by atoms with Crippen LogP contribution in [0.25, 0.3) is 0 Å². The Bertz CT molecular complexity index is 436. The highest BCUT2D eigenvalue weighted by Gasteiger charge is 2.30. The van der Waals surface area contributed by atoms with Crippen molar-refractivity contribution in [3.8, 4) is 11.5 Å². The van der Waals surface area contributed by atoms with E-state index in [9.17, 15) is 0 Å². The zero-order chi connectivity index (χ0) is 15.4. The van der Waals surface area contributed by atoms with Crippen molar-refractivity contribution in [3.63, 3.8) is 0 Å². The van der Waals surface area contributed by atoms with E-state index >= 15 is 0 Å². The Morgan fingerprint density at radius 3 is 2.19 bits per heavy atom. The summed E-state index contributed by atoms with van der Waals surface area (Å²) in [5.41, 5.74) is 1.09. The van der Waals surface area contributed by atoms with Crippen LogP contribution >= 0.6 is 0 Å². The van der Waals surface area contributed by atoms with Crippen molar-refractivity contribution < 1.29 is 9.47 Å². The maximum absolute atomic E-state index is 5.36. The van der Waals surface area contributed by atoms with Gasteiger partial charge in [-0.3, -0.25) is 0 Å². The standard InChI is InChI=1S/C18H29NO2/c1-12(2)17-7-6-13(3)8-18(17)19-14-9-15(20-4)11-16(10-14)21-5/h9-13,17-19H,6-8H2,1-5H3. The molecule has 0 aliphatic heterocycles. The van der Waals surface area contributed by atoms with Gasteiger partial charge in [-0.2, -0.15) is 0 Å². The molecule has 1 aromatic carbocycles. The third-order valence-corrected chi connectivity index (χ3v) is 4.73. The highest BCUT2D eigenvalue weighted by atomic mass is 16.5. The fourth-order valence-corrected chi connectivity index (χ4v) is 3.47. The number of nitrogens with one attached hydrogen (secondary N) is 1. The molecule has 1 aliphatic rings. The molecule has 3 heteroatoms. The topological polar surface area (TPSA) is 30.5 Å². The van der Waals surface area contributed by atoms with Crippen LogP contribution < -0.4 is 14.8 Å². The minimum Gasteiger partial charge on any atom is -0.497 e. The molecule has 118 valence electrons. The molecule has 0 spiro atoms. The zero-order valence-corrected chi connectivity index (χ0v) is 14.0. The summed E-state index contributed by atoms with van der Waals surface area (Å²) in [7, 11) is 3.39. The number of hydrogen-bond donors (Lipinski definition) is 1.